The number of hydrogen-bond acceptors (Lipinski definition) is 3. The second kappa shape index (κ2) is 9.23. The molecule has 0 aromatic heterocycles. The minimum absolute atomic E-state index is 0.367. The van der Waals surface area contributed by atoms with Gasteiger partial charge in [-0.1, -0.05) is 50.5 Å². The zero-order chi connectivity index (χ0) is 18.3. The first-order chi connectivity index (χ1) is 11.9. The number of alkyl carbamates (subject to hydrolysis) is 1. The smallest absolute Gasteiger partial charge is 0.407 e. The third-order valence-electron chi connectivity index (χ3n) is 4.93. The van der Waals surface area contributed by atoms with E-state index in [-0.39, 0.29) is 6.09 Å². The second-order valence-corrected chi connectivity index (χ2v) is 8.06. The molecule has 0 heterocycles. The van der Waals surface area contributed by atoms with Crippen molar-refractivity contribution in [2.24, 2.45) is 5.92 Å². The summed E-state index contributed by atoms with van der Waals surface area (Å²) >= 11 is 0. The number of carbonyl (C=O) groups is 1. The van der Waals surface area contributed by atoms with E-state index < -0.39 is 5.60 Å². The highest BCUT2D eigenvalue weighted by molar-refractivity contribution is 5.67. The van der Waals surface area contributed by atoms with Gasteiger partial charge in [-0.15, -0.1) is 0 Å². The number of benzene rings is 1. The lowest BCUT2D eigenvalue weighted by Gasteiger charge is -2.32. The number of ether oxygens (including phenoxy) is 1. The predicted molar refractivity (Wildman–Crippen MR) is 102 cm³/mol. The molecule has 2 rings (SSSR count). The van der Waals surface area contributed by atoms with Crippen LogP contribution < -0.4 is 10.6 Å². The van der Waals surface area contributed by atoms with Crippen molar-refractivity contribution in [3.63, 3.8) is 0 Å². The van der Waals surface area contributed by atoms with Crippen LogP contribution in [0.4, 0.5) is 4.79 Å². The van der Waals surface area contributed by atoms with Gasteiger partial charge >= 0.3 is 6.09 Å². The average Bonchev–Trinajstić information content (AvgIpc) is 2.57. The maximum absolute atomic E-state index is 11.9. The summed E-state index contributed by atoms with van der Waals surface area (Å²) in [6.07, 6.45) is 6.20. The summed E-state index contributed by atoms with van der Waals surface area (Å²) in [5.41, 5.74) is 1.92. The van der Waals surface area contributed by atoms with Crippen LogP contribution in [0.3, 0.4) is 0 Å². The SMILES string of the molecule is CCC1CCCCC1NCc1ccccc1CNC(=O)OC(C)(C)C. The number of carbonyl (C=O) groups excluding carboxylic acids is 1. The van der Waals surface area contributed by atoms with Crippen molar-refractivity contribution < 1.29 is 9.53 Å². The van der Waals surface area contributed by atoms with Crippen molar-refractivity contribution in [3.8, 4) is 0 Å². The van der Waals surface area contributed by atoms with Crippen LogP contribution in [-0.2, 0) is 17.8 Å². The predicted octanol–water partition coefficient (Wildman–Crippen LogP) is 4.77. The third-order valence-corrected chi connectivity index (χ3v) is 4.93. The summed E-state index contributed by atoms with van der Waals surface area (Å²) in [6.45, 7) is 9.27. The molecule has 1 aliphatic carbocycles. The summed E-state index contributed by atoms with van der Waals surface area (Å²) < 4.78 is 5.32. The van der Waals surface area contributed by atoms with Crippen LogP contribution in [-0.4, -0.2) is 17.7 Å². The van der Waals surface area contributed by atoms with Crippen LogP contribution in [0.1, 0.15) is 70.9 Å². The van der Waals surface area contributed by atoms with Gasteiger partial charge in [0.05, 0.1) is 0 Å². The summed E-state index contributed by atoms with van der Waals surface area (Å²) in [5, 5.41) is 6.63. The van der Waals surface area contributed by atoms with E-state index in [1.54, 1.807) is 0 Å². The topological polar surface area (TPSA) is 50.4 Å². The van der Waals surface area contributed by atoms with E-state index in [1.807, 2.05) is 26.8 Å². The number of amides is 1. The Labute approximate surface area is 152 Å². The molecule has 0 bridgehead atoms. The zero-order valence-corrected chi connectivity index (χ0v) is 16.2. The van der Waals surface area contributed by atoms with Gasteiger partial charge < -0.3 is 15.4 Å². The van der Waals surface area contributed by atoms with E-state index in [4.69, 9.17) is 4.74 Å². The Bertz CT molecular complexity index is 551. The maximum Gasteiger partial charge on any atom is 0.407 e. The molecule has 0 saturated heterocycles. The van der Waals surface area contributed by atoms with Crippen LogP contribution in [0.5, 0.6) is 0 Å². The summed E-state index contributed by atoms with van der Waals surface area (Å²) in [4.78, 5) is 11.9. The molecule has 2 atom stereocenters. The lowest BCUT2D eigenvalue weighted by Crippen LogP contribution is -2.38. The molecule has 2 N–H and O–H groups in total. The Morgan fingerprint density at radius 1 is 1.12 bits per heavy atom. The molecule has 1 aromatic rings. The molecule has 1 aliphatic rings. The van der Waals surface area contributed by atoms with Gasteiger partial charge in [-0.3, -0.25) is 0 Å². The molecule has 4 nitrogen and oxygen atoms in total. The Morgan fingerprint density at radius 2 is 1.76 bits per heavy atom. The van der Waals surface area contributed by atoms with E-state index in [0.29, 0.717) is 12.6 Å². The van der Waals surface area contributed by atoms with Crippen LogP contribution in [0, 0.1) is 5.92 Å². The summed E-state index contributed by atoms with van der Waals surface area (Å²) in [7, 11) is 0. The lowest BCUT2D eigenvalue weighted by molar-refractivity contribution is 0.0523. The van der Waals surface area contributed by atoms with Crippen LogP contribution in [0.2, 0.25) is 0 Å². The van der Waals surface area contributed by atoms with E-state index in [0.717, 1.165) is 18.0 Å². The molecule has 1 saturated carbocycles. The maximum atomic E-state index is 11.9. The average molecular weight is 347 g/mol. The number of rotatable bonds is 6. The minimum atomic E-state index is -0.471. The zero-order valence-electron chi connectivity index (χ0n) is 16.2. The molecule has 1 fully saturated rings. The monoisotopic (exact) mass is 346 g/mol. The van der Waals surface area contributed by atoms with Crippen LogP contribution in [0.15, 0.2) is 24.3 Å². The van der Waals surface area contributed by atoms with Crippen LogP contribution >= 0.6 is 0 Å². The van der Waals surface area contributed by atoms with Crippen molar-refractivity contribution in [2.45, 2.75) is 84.5 Å². The molecule has 2 unspecified atom stereocenters. The molecule has 0 radical (unpaired) electrons. The van der Waals surface area contributed by atoms with E-state index in [9.17, 15) is 4.79 Å². The van der Waals surface area contributed by atoms with Crippen molar-refractivity contribution in [1.82, 2.24) is 10.6 Å². The van der Waals surface area contributed by atoms with Gasteiger partial charge in [-0.05, 0) is 50.7 Å². The van der Waals surface area contributed by atoms with Crippen molar-refractivity contribution in [1.29, 1.82) is 0 Å². The van der Waals surface area contributed by atoms with Crippen LogP contribution in [0.25, 0.3) is 0 Å². The Kier molecular flexibility index (Phi) is 7.30. The Morgan fingerprint density at radius 3 is 2.40 bits per heavy atom. The van der Waals surface area contributed by atoms with Gasteiger partial charge in [0.25, 0.3) is 0 Å². The highest BCUT2D eigenvalue weighted by Gasteiger charge is 2.23. The minimum Gasteiger partial charge on any atom is -0.444 e. The van der Waals surface area contributed by atoms with Gasteiger partial charge in [0.15, 0.2) is 0 Å². The first-order valence-corrected chi connectivity index (χ1v) is 9.66. The lowest BCUT2D eigenvalue weighted by atomic mass is 9.83. The van der Waals surface area contributed by atoms with Crippen molar-refractivity contribution in [2.75, 3.05) is 0 Å². The Balaban J connectivity index is 1.90. The molecule has 4 heteroatoms. The summed E-state index contributed by atoms with van der Waals surface area (Å²) in [6, 6.07) is 8.91. The molecule has 140 valence electrons. The first-order valence-electron chi connectivity index (χ1n) is 9.66. The molecule has 0 spiro atoms. The van der Waals surface area contributed by atoms with E-state index in [2.05, 4.69) is 35.8 Å². The molecule has 0 aliphatic heterocycles. The highest BCUT2D eigenvalue weighted by Crippen LogP contribution is 2.27. The van der Waals surface area contributed by atoms with E-state index in [1.165, 1.54) is 37.7 Å². The van der Waals surface area contributed by atoms with Gasteiger partial charge in [-0.25, -0.2) is 4.79 Å². The second-order valence-electron chi connectivity index (χ2n) is 8.06. The van der Waals surface area contributed by atoms with Crippen molar-refractivity contribution >= 4 is 6.09 Å². The first kappa shape index (κ1) is 19.8. The molecule has 1 aromatic carbocycles. The molecule has 1 amide bonds. The number of nitrogens with one attached hydrogen (secondary N) is 2. The Hall–Kier alpha value is -1.55. The standard InChI is InChI=1S/C21H34N2O2/c1-5-16-10-8-9-13-19(16)22-14-17-11-6-7-12-18(17)15-23-20(24)25-21(2,3)4/h6-7,11-12,16,19,22H,5,8-10,13-15H2,1-4H3,(H,23,24). The molecular weight excluding hydrogens is 312 g/mol. The fourth-order valence-corrected chi connectivity index (χ4v) is 3.59. The van der Waals surface area contributed by atoms with Gasteiger partial charge in [-0.2, -0.15) is 0 Å². The largest absolute Gasteiger partial charge is 0.444 e. The highest BCUT2D eigenvalue weighted by atomic mass is 16.6. The van der Waals surface area contributed by atoms with E-state index >= 15 is 0 Å². The fourth-order valence-electron chi connectivity index (χ4n) is 3.59. The molecule has 25 heavy (non-hydrogen) atoms. The number of hydrogen-bond donors (Lipinski definition) is 2. The quantitative estimate of drug-likeness (QED) is 0.780. The van der Waals surface area contributed by atoms with Gasteiger partial charge in [0, 0.05) is 19.1 Å². The normalized spacial score (nSPS) is 21.0. The van der Waals surface area contributed by atoms with Crippen molar-refractivity contribution in [3.05, 3.63) is 35.4 Å². The fraction of sp³-hybridized carbons (Fsp3) is 0.667. The summed E-state index contributed by atoms with van der Waals surface area (Å²) in [5.74, 6) is 0.792. The van der Waals surface area contributed by atoms with Gasteiger partial charge in [0.2, 0.25) is 0 Å². The van der Waals surface area contributed by atoms with Gasteiger partial charge in [0.1, 0.15) is 5.60 Å². The third kappa shape index (κ3) is 6.69. The molecular formula is C21H34N2O2.